The number of hydrogen-bond acceptors (Lipinski definition) is 2. The summed E-state index contributed by atoms with van der Waals surface area (Å²) in [6.45, 7) is 1.98. The SMILES string of the molecule is Cc1ccc(NC(=O)c2ccoc2Cl)cc1. The fraction of sp³-hybridized carbons (Fsp3) is 0.0833. The van der Waals surface area contributed by atoms with Crippen LogP contribution in [0, 0.1) is 6.92 Å². The van der Waals surface area contributed by atoms with Gasteiger partial charge in [0.15, 0.2) is 0 Å². The molecule has 1 N–H and O–H groups in total. The van der Waals surface area contributed by atoms with Crippen molar-refractivity contribution >= 4 is 23.2 Å². The third-order valence-corrected chi connectivity index (χ3v) is 2.46. The average molecular weight is 236 g/mol. The summed E-state index contributed by atoms with van der Waals surface area (Å²) >= 11 is 5.70. The molecule has 1 heterocycles. The maximum atomic E-state index is 11.7. The minimum absolute atomic E-state index is 0.101. The molecule has 0 fully saturated rings. The summed E-state index contributed by atoms with van der Waals surface area (Å²) in [6, 6.07) is 9.05. The van der Waals surface area contributed by atoms with Crippen LogP contribution in [0.3, 0.4) is 0 Å². The molecule has 0 bridgehead atoms. The van der Waals surface area contributed by atoms with Crippen LogP contribution in [0.1, 0.15) is 15.9 Å². The second-order valence-electron chi connectivity index (χ2n) is 3.43. The van der Waals surface area contributed by atoms with Crippen molar-refractivity contribution in [2.24, 2.45) is 0 Å². The first kappa shape index (κ1) is 10.8. The lowest BCUT2D eigenvalue weighted by atomic mass is 10.2. The van der Waals surface area contributed by atoms with Gasteiger partial charge in [0.2, 0.25) is 5.22 Å². The molecule has 82 valence electrons. The number of furan rings is 1. The molecule has 0 atom stereocenters. The van der Waals surface area contributed by atoms with Gasteiger partial charge in [-0.2, -0.15) is 0 Å². The summed E-state index contributed by atoms with van der Waals surface area (Å²) in [5.41, 5.74) is 2.20. The Balaban J connectivity index is 2.14. The van der Waals surface area contributed by atoms with Gasteiger partial charge in [0.25, 0.3) is 5.91 Å². The molecular weight excluding hydrogens is 226 g/mol. The van der Waals surface area contributed by atoms with Crippen LogP contribution < -0.4 is 5.32 Å². The molecule has 0 spiro atoms. The van der Waals surface area contributed by atoms with E-state index in [1.165, 1.54) is 12.3 Å². The fourth-order valence-corrected chi connectivity index (χ4v) is 1.49. The normalized spacial score (nSPS) is 10.1. The van der Waals surface area contributed by atoms with E-state index >= 15 is 0 Å². The second kappa shape index (κ2) is 4.41. The third-order valence-electron chi connectivity index (χ3n) is 2.17. The van der Waals surface area contributed by atoms with Gasteiger partial charge in [0.1, 0.15) is 0 Å². The van der Waals surface area contributed by atoms with Crippen LogP contribution in [-0.2, 0) is 0 Å². The molecule has 2 rings (SSSR count). The molecule has 1 aromatic carbocycles. The van der Waals surface area contributed by atoms with Crippen molar-refractivity contribution in [2.75, 3.05) is 5.32 Å². The molecule has 3 nitrogen and oxygen atoms in total. The summed E-state index contributed by atoms with van der Waals surface area (Å²) in [6.07, 6.45) is 1.38. The lowest BCUT2D eigenvalue weighted by Gasteiger charge is -2.03. The number of nitrogens with one attached hydrogen (secondary N) is 1. The number of anilines is 1. The summed E-state index contributed by atoms with van der Waals surface area (Å²) < 4.78 is 4.85. The Bertz CT molecular complexity index is 502. The molecule has 0 radical (unpaired) electrons. The van der Waals surface area contributed by atoms with Gasteiger partial charge in [-0.1, -0.05) is 17.7 Å². The summed E-state index contributed by atoms with van der Waals surface area (Å²) in [5, 5.41) is 2.83. The van der Waals surface area contributed by atoms with E-state index in [0.29, 0.717) is 5.56 Å². The van der Waals surface area contributed by atoms with Crippen molar-refractivity contribution in [3.05, 3.63) is 52.9 Å². The van der Waals surface area contributed by atoms with Gasteiger partial charge in [0, 0.05) is 5.69 Å². The van der Waals surface area contributed by atoms with Gasteiger partial charge < -0.3 is 9.73 Å². The van der Waals surface area contributed by atoms with E-state index < -0.39 is 0 Å². The highest BCUT2D eigenvalue weighted by molar-refractivity contribution is 6.32. The third kappa shape index (κ3) is 2.25. The van der Waals surface area contributed by atoms with Crippen molar-refractivity contribution in [3.63, 3.8) is 0 Å². The zero-order chi connectivity index (χ0) is 11.5. The quantitative estimate of drug-likeness (QED) is 0.866. The molecule has 16 heavy (non-hydrogen) atoms. The van der Waals surface area contributed by atoms with Gasteiger partial charge in [-0.15, -0.1) is 0 Å². The smallest absolute Gasteiger partial charge is 0.260 e. The van der Waals surface area contributed by atoms with Crippen molar-refractivity contribution < 1.29 is 9.21 Å². The van der Waals surface area contributed by atoms with E-state index in [1.54, 1.807) is 0 Å². The van der Waals surface area contributed by atoms with Gasteiger partial charge in [0.05, 0.1) is 11.8 Å². The molecule has 0 saturated heterocycles. The van der Waals surface area contributed by atoms with Gasteiger partial charge in [-0.05, 0) is 36.7 Å². The molecule has 1 aromatic heterocycles. The first-order valence-corrected chi connectivity index (χ1v) is 5.15. The predicted molar refractivity (Wildman–Crippen MR) is 62.9 cm³/mol. The van der Waals surface area contributed by atoms with Crippen molar-refractivity contribution in [1.29, 1.82) is 0 Å². The van der Waals surface area contributed by atoms with Crippen LogP contribution >= 0.6 is 11.6 Å². The monoisotopic (exact) mass is 235 g/mol. The molecule has 1 amide bonds. The molecule has 0 aliphatic carbocycles. The minimum Gasteiger partial charge on any atom is -0.452 e. The summed E-state index contributed by atoms with van der Waals surface area (Å²) in [5.74, 6) is -0.275. The first-order valence-electron chi connectivity index (χ1n) is 4.78. The molecule has 2 aromatic rings. The van der Waals surface area contributed by atoms with Crippen LogP contribution in [0.5, 0.6) is 0 Å². The van der Waals surface area contributed by atoms with Crippen molar-refractivity contribution in [1.82, 2.24) is 0 Å². The molecule has 0 unspecified atom stereocenters. The van der Waals surface area contributed by atoms with E-state index in [9.17, 15) is 4.79 Å². The Hall–Kier alpha value is -1.74. The summed E-state index contributed by atoms with van der Waals surface area (Å²) in [7, 11) is 0. The van der Waals surface area contributed by atoms with E-state index in [-0.39, 0.29) is 11.1 Å². The number of halogens is 1. The van der Waals surface area contributed by atoms with E-state index in [2.05, 4.69) is 5.32 Å². The van der Waals surface area contributed by atoms with Crippen LogP contribution in [0.15, 0.2) is 41.0 Å². The Kier molecular flexibility index (Phi) is 2.97. The Morgan fingerprint density at radius 3 is 2.50 bits per heavy atom. The Labute approximate surface area is 98.0 Å². The van der Waals surface area contributed by atoms with Gasteiger partial charge >= 0.3 is 0 Å². The highest BCUT2D eigenvalue weighted by atomic mass is 35.5. The highest BCUT2D eigenvalue weighted by Crippen LogP contribution is 2.18. The largest absolute Gasteiger partial charge is 0.452 e. The van der Waals surface area contributed by atoms with Crippen molar-refractivity contribution in [2.45, 2.75) is 6.92 Å². The zero-order valence-electron chi connectivity index (χ0n) is 8.66. The predicted octanol–water partition coefficient (Wildman–Crippen LogP) is 3.49. The Morgan fingerprint density at radius 1 is 1.25 bits per heavy atom. The zero-order valence-corrected chi connectivity index (χ0v) is 9.41. The van der Waals surface area contributed by atoms with E-state index in [4.69, 9.17) is 16.0 Å². The first-order chi connectivity index (χ1) is 7.66. The second-order valence-corrected chi connectivity index (χ2v) is 3.77. The van der Waals surface area contributed by atoms with Crippen LogP contribution in [0.4, 0.5) is 5.69 Å². The Morgan fingerprint density at radius 2 is 1.94 bits per heavy atom. The number of benzene rings is 1. The molecule has 0 aliphatic rings. The molecule has 0 saturated carbocycles. The molecule has 4 heteroatoms. The fourth-order valence-electron chi connectivity index (χ4n) is 1.29. The van der Waals surface area contributed by atoms with Crippen LogP contribution in [0.25, 0.3) is 0 Å². The number of aryl methyl sites for hydroxylation is 1. The molecule has 0 aliphatic heterocycles. The highest BCUT2D eigenvalue weighted by Gasteiger charge is 2.12. The maximum Gasteiger partial charge on any atom is 0.260 e. The molecular formula is C12H10ClNO2. The standard InChI is InChI=1S/C12H10ClNO2/c1-8-2-4-9(5-3-8)14-12(15)10-6-7-16-11(10)13/h2-7H,1H3,(H,14,15). The maximum absolute atomic E-state index is 11.7. The number of amides is 1. The lowest BCUT2D eigenvalue weighted by Crippen LogP contribution is -2.11. The number of rotatable bonds is 2. The van der Waals surface area contributed by atoms with Crippen LogP contribution in [-0.4, -0.2) is 5.91 Å². The average Bonchev–Trinajstić information content (AvgIpc) is 2.68. The minimum atomic E-state index is -0.275. The van der Waals surface area contributed by atoms with E-state index in [0.717, 1.165) is 11.3 Å². The van der Waals surface area contributed by atoms with Crippen LogP contribution in [0.2, 0.25) is 5.22 Å². The van der Waals surface area contributed by atoms with Gasteiger partial charge in [-0.25, -0.2) is 0 Å². The van der Waals surface area contributed by atoms with Crippen molar-refractivity contribution in [3.8, 4) is 0 Å². The lowest BCUT2D eigenvalue weighted by molar-refractivity contribution is 0.102. The number of hydrogen-bond donors (Lipinski definition) is 1. The van der Waals surface area contributed by atoms with E-state index in [1.807, 2.05) is 31.2 Å². The number of carbonyl (C=O) groups excluding carboxylic acids is 1. The van der Waals surface area contributed by atoms with Gasteiger partial charge in [-0.3, -0.25) is 4.79 Å². The summed E-state index contributed by atoms with van der Waals surface area (Å²) in [4.78, 5) is 11.7. The number of carbonyl (C=O) groups is 1. The topological polar surface area (TPSA) is 42.2 Å².